The van der Waals surface area contributed by atoms with Crippen LogP contribution in [0, 0.1) is 12.8 Å². The molecule has 0 spiro atoms. The van der Waals surface area contributed by atoms with Crippen molar-refractivity contribution in [1.29, 1.82) is 0 Å². The molecule has 0 heterocycles. The SMILES string of the molecule is COc1cc(C)c(NC(=O)CCCC2CCCCC2)cc1OC. The fourth-order valence-electron chi connectivity index (χ4n) is 3.36. The van der Waals surface area contributed by atoms with E-state index in [2.05, 4.69) is 5.32 Å². The average Bonchev–Trinajstić information content (AvgIpc) is 2.57. The van der Waals surface area contributed by atoms with Gasteiger partial charge in [-0.05, 0) is 37.3 Å². The summed E-state index contributed by atoms with van der Waals surface area (Å²) >= 11 is 0. The lowest BCUT2D eigenvalue weighted by atomic mass is 9.86. The van der Waals surface area contributed by atoms with Gasteiger partial charge in [0.05, 0.1) is 14.2 Å². The third-order valence-corrected chi connectivity index (χ3v) is 4.75. The Morgan fingerprint density at radius 2 is 1.78 bits per heavy atom. The van der Waals surface area contributed by atoms with E-state index in [-0.39, 0.29) is 5.91 Å². The molecule has 4 heteroatoms. The third-order valence-electron chi connectivity index (χ3n) is 4.75. The number of ether oxygens (including phenoxy) is 2. The molecular weight excluding hydrogens is 290 g/mol. The van der Waals surface area contributed by atoms with Gasteiger partial charge in [0.15, 0.2) is 11.5 Å². The van der Waals surface area contributed by atoms with E-state index in [4.69, 9.17) is 9.47 Å². The van der Waals surface area contributed by atoms with E-state index >= 15 is 0 Å². The van der Waals surface area contributed by atoms with Crippen LogP contribution in [0.1, 0.15) is 56.9 Å². The Morgan fingerprint density at radius 3 is 2.43 bits per heavy atom. The van der Waals surface area contributed by atoms with Crippen LogP contribution < -0.4 is 14.8 Å². The van der Waals surface area contributed by atoms with Crippen LogP contribution in [0.4, 0.5) is 5.69 Å². The van der Waals surface area contributed by atoms with Gasteiger partial charge in [-0.2, -0.15) is 0 Å². The van der Waals surface area contributed by atoms with Gasteiger partial charge >= 0.3 is 0 Å². The van der Waals surface area contributed by atoms with E-state index in [0.29, 0.717) is 17.9 Å². The summed E-state index contributed by atoms with van der Waals surface area (Å²) in [6.45, 7) is 1.96. The first kappa shape index (κ1) is 17.6. The van der Waals surface area contributed by atoms with Gasteiger partial charge in [-0.25, -0.2) is 0 Å². The van der Waals surface area contributed by atoms with Crippen LogP contribution >= 0.6 is 0 Å². The van der Waals surface area contributed by atoms with Crippen molar-refractivity contribution in [3.05, 3.63) is 17.7 Å². The lowest BCUT2D eigenvalue weighted by molar-refractivity contribution is -0.116. The molecule has 1 N–H and O–H groups in total. The third kappa shape index (κ3) is 5.15. The Balaban J connectivity index is 1.84. The maximum absolute atomic E-state index is 12.2. The number of anilines is 1. The first-order chi connectivity index (χ1) is 11.1. The highest BCUT2D eigenvalue weighted by atomic mass is 16.5. The Morgan fingerprint density at radius 1 is 1.13 bits per heavy atom. The summed E-state index contributed by atoms with van der Waals surface area (Å²) in [5.74, 6) is 2.23. The number of carbonyl (C=O) groups is 1. The fraction of sp³-hybridized carbons (Fsp3) is 0.632. The molecule has 1 fully saturated rings. The van der Waals surface area contributed by atoms with Crippen LogP contribution in [-0.2, 0) is 4.79 Å². The largest absolute Gasteiger partial charge is 0.493 e. The van der Waals surface area contributed by atoms with Gasteiger partial charge in [0.2, 0.25) is 5.91 Å². The molecule has 1 saturated carbocycles. The van der Waals surface area contributed by atoms with E-state index in [1.54, 1.807) is 14.2 Å². The molecule has 0 aliphatic heterocycles. The molecule has 0 aromatic heterocycles. The Kier molecular flexibility index (Phi) is 6.75. The van der Waals surface area contributed by atoms with Gasteiger partial charge in [-0.15, -0.1) is 0 Å². The fourth-order valence-corrected chi connectivity index (χ4v) is 3.36. The summed E-state index contributed by atoms with van der Waals surface area (Å²) in [5.41, 5.74) is 1.77. The van der Waals surface area contributed by atoms with Crippen molar-refractivity contribution in [2.24, 2.45) is 5.92 Å². The smallest absolute Gasteiger partial charge is 0.224 e. The number of hydrogen-bond acceptors (Lipinski definition) is 3. The van der Waals surface area contributed by atoms with Crippen molar-refractivity contribution in [2.45, 2.75) is 58.3 Å². The van der Waals surface area contributed by atoms with Crippen molar-refractivity contribution in [3.8, 4) is 11.5 Å². The summed E-state index contributed by atoms with van der Waals surface area (Å²) in [5, 5.41) is 3.00. The van der Waals surface area contributed by atoms with Gasteiger partial charge in [0.25, 0.3) is 0 Å². The summed E-state index contributed by atoms with van der Waals surface area (Å²) in [4.78, 5) is 12.2. The Bertz CT molecular complexity index is 522. The second kappa shape index (κ2) is 8.80. The van der Waals surface area contributed by atoms with Crippen molar-refractivity contribution in [1.82, 2.24) is 0 Å². The molecule has 2 rings (SSSR count). The van der Waals surface area contributed by atoms with Gasteiger partial charge in [-0.3, -0.25) is 4.79 Å². The molecule has 0 unspecified atom stereocenters. The molecule has 128 valence electrons. The minimum atomic E-state index is 0.0797. The Labute approximate surface area is 139 Å². The molecule has 23 heavy (non-hydrogen) atoms. The highest BCUT2D eigenvalue weighted by molar-refractivity contribution is 5.91. The van der Waals surface area contributed by atoms with Gasteiger partial charge in [0.1, 0.15) is 0 Å². The minimum Gasteiger partial charge on any atom is -0.493 e. The molecule has 1 aromatic carbocycles. The molecule has 0 atom stereocenters. The Hall–Kier alpha value is -1.71. The van der Waals surface area contributed by atoms with E-state index < -0.39 is 0 Å². The summed E-state index contributed by atoms with van der Waals surface area (Å²) in [6.07, 6.45) is 9.54. The molecule has 1 aromatic rings. The summed E-state index contributed by atoms with van der Waals surface area (Å²) in [6, 6.07) is 3.71. The predicted molar refractivity (Wildman–Crippen MR) is 93.3 cm³/mol. The molecule has 1 aliphatic rings. The first-order valence-electron chi connectivity index (χ1n) is 8.66. The predicted octanol–water partition coefficient (Wildman–Crippen LogP) is 4.70. The van der Waals surface area contributed by atoms with Gasteiger partial charge in [0, 0.05) is 18.2 Å². The minimum absolute atomic E-state index is 0.0797. The van der Waals surface area contributed by atoms with Crippen molar-refractivity contribution in [2.75, 3.05) is 19.5 Å². The van der Waals surface area contributed by atoms with Crippen molar-refractivity contribution in [3.63, 3.8) is 0 Å². The number of aryl methyl sites for hydroxylation is 1. The topological polar surface area (TPSA) is 47.6 Å². The van der Waals surface area contributed by atoms with E-state index in [0.717, 1.165) is 23.6 Å². The maximum Gasteiger partial charge on any atom is 0.224 e. The second-order valence-electron chi connectivity index (χ2n) is 6.47. The normalized spacial score (nSPS) is 15.3. The van der Waals surface area contributed by atoms with Crippen LogP contribution in [0.25, 0.3) is 0 Å². The summed E-state index contributed by atoms with van der Waals surface area (Å²) < 4.78 is 10.6. The highest BCUT2D eigenvalue weighted by Crippen LogP contribution is 2.33. The quantitative estimate of drug-likeness (QED) is 0.792. The second-order valence-corrected chi connectivity index (χ2v) is 6.47. The molecular formula is C19H29NO3. The number of methoxy groups -OCH3 is 2. The summed E-state index contributed by atoms with van der Waals surface area (Å²) in [7, 11) is 3.21. The zero-order valence-electron chi connectivity index (χ0n) is 14.6. The van der Waals surface area contributed by atoms with Gasteiger partial charge in [-0.1, -0.05) is 32.1 Å². The number of rotatable bonds is 7. The monoisotopic (exact) mass is 319 g/mol. The van der Waals surface area contributed by atoms with Crippen LogP contribution in [0.3, 0.4) is 0 Å². The highest BCUT2D eigenvalue weighted by Gasteiger charge is 2.14. The number of nitrogens with one attached hydrogen (secondary N) is 1. The molecule has 1 aliphatic carbocycles. The van der Waals surface area contributed by atoms with Crippen LogP contribution in [0.2, 0.25) is 0 Å². The number of amides is 1. The molecule has 4 nitrogen and oxygen atoms in total. The number of hydrogen-bond donors (Lipinski definition) is 1. The van der Waals surface area contributed by atoms with E-state index in [1.807, 2.05) is 19.1 Å². The first-order valence-corrected chi connectivity index (χ1v) is 8.66. The lowest BCUT2D eigenvalue weighted by Crippen LogP contribution is -2.13. The van der Waals surface area contributed by atoms with Gasteiger partial charge < -0.3 is 14.8 Å². The number of carbonyl (C=O) groups excluding carboxylic acids is 1. The molecule has 0 saturated heterocycles. The van der Waals surface area contributed by atoms with E-state index in [1.165, 1.54) is 38.5 Å². The maximum atomic E-state index is 12.2. The van der Waals surface area contributed by atoms with Crippen LogP contribution in [-0.4, -0.2) is 20.1 Å². The van der Waals surface area contributed by atoms with Crippen molar-refractivity contribution < 1.29 is 14.3 Å². The van der Waals surface area contributed by atoms with E-state index in [9.17, 15) is 4.79 Å². The van der Waals surface area contributed by atoms with Crippen molar-refractivity contribution >= 4 is 11.6 Å². The molecule has 1 amide bonds. The lowest BCUT2D eigenvalue weighted by Gasteiger charge is -2.21. The number of benzene rings is 1. The standard InChI is InChI=1S/C19H29NO3/c1-14-12-17(22-2)18(23-3)13-16(14)20-19(21)11-7-10-15-8-5-4-6-9-15/h12-13,15H,4-11H2,1-3H3,(H,20,21). The average molecular weight is 319 g/mol. The van der Waals surface area contributed by atoms with Crippen LogP contribution in [0.15, 0.2) is 12.1 Å². The molecule has 0 bridgehead atoms. The van der Waals surface area contributed by atoms with Crippen LogP contribution in [0.5, 0.6) is 11.5 Å². The zero-order valence-corrected chi connectivity index (χ0v) is 14.6. The zero-order chi connectivity index (χ0) is 16.7. The molecule has 0 radical (unpaired) electrons.